The van der Waals surface area contributed by atoms with Gasteiger partial charge in [-0.05, 0) is 49.2 Å². The van der Waals surface area contributed by atoms with Gasteiger partial charge < -0.3 is 0 Å². The highest BCUT2D eigenvalue weighted by Gasteiger charge is 2.09. The Kier molecular flexibility index (Phi) is 3.64. The normalized spacial score (nSPS) is 10.6. The molecule has 0 amide bonds. The molecule has 5 heteroatoms. The molecule has 0 radical (unpaired) electrons. The van der Waals surface area contributed by atoms with E-state index in [4.69, 9.17) is 11.6 Å². The van der Waals surface area contributed by atoms with Gasteiger partial charge in [-0.2, -0.15) is 0 Å². The van der Waals surface area contributed by atoms with Gasteiger partial charge in [0.05, 0.1) is 0 Å². The third-order valence-electron chi connectivity index (χ3n) is 2.45. The largest absolute Gasteiger partial charge is 0.207 e. The van der Waals surface area contributed by atoms with Gasteiger partial charge in [-0.3, -0.25) is 0 Å². The van der Waals surface area contributed by atoms with Gasteiger partial charge in [0.25, 0.3) is 0 Å². The molecule has 1 aromatic carbocycles. The highest BCUT2D eigenvalue weighted by molar-refractivity contribution is 7.99. The van der Waals surface area contributed by atoms with Crippen LogP contribution in [0, 0.1) is 19.7 Å². The molecule has 0 unspecified atom stereocenters. The van der Waals surface area contributed by atoms with Crippen molar-refractivity contribution in [1.82, 2.24) is 10.2 Å². The maximum Gasteiger partial charge on any atom is 0.154 e. The van der Waals surface area contributed by atoms with E-state index < -0.39 is 0 Å². The molecule has 0 bridgehead atoms. The van der Waals surface area contributed by atoms with Gasteiger partial charge in [-0.25, -0.2) is 4.39 Å². The van der Waals surface area contributed by atoms with Gasteiger partial charge >= 0.3 is 0 Å². The van der Waals surface area contributed by atoms with Crippen molar-refractivity contribution in [3.8, 4) is 0 Å². The summed E-state index contributed by atoms with van der Waals surface area (Å²) >= 11 is 7.32. The zero-order valence-corrected chi connectivity index (χ0v) is 10.9. The number of benzene rings is 1. The molecule has 0 saturated carbocycles. The van der Waals surface area contributed by atoms with E-state index in [0.29, 0.717) is 5.15 Å². The number of nitrogens with zero attached hydrogens (tertiary/aromatic N) is 2. The summed E-state index contributed by atoms with van der Waals surface area (Å²) in [6.45, 7) is 3.85. The molecule has 0 N–H and O–H groups in total. The van der Waals surface area contributed by atoms with Crippen molar-refractivity contribution in [3.05, 3.63) is 46.4 Å². The van der Waals surface area contributed by atoms with E-state index in [1.54, 1.807) is 12.1 Å². The summed E-state index contributed by atoms with van der Waals surface area (Å²) in [7, 11) is 0. The van der Waals surface area contributed by atoms with Gasteiger partial charge in [0.15, 0.2) is 5.15 Å². The first-order valence-electron chi connectivity index (χ1n) is 5.00. The summed E-state index contributed by atoms with van der Waals surface area (Å²) < 4.78 is 12.8. The van der Waals surface area contributed by atoms with E-state index >= 15 is 0 Å². The minimum atomic E-state index is -0.246. The summed E-state index contributed by atoms with van der Waals surface area (Å²) in [4.78, 5) is 0.922. The third-order valence-corrected chi connectivity index (χ3v) is 3.90. The lowest BCUT2D eigenvalue weighted by Gasteiger charge is -2.07. The fraction of sp³-hybridized carbons (Fsp3) is 0.167. The van der Waals surface area contributed by atoms with Crippen LogP contribution in [-0.4, -0.2) is 10.2 Å². The maximum atomic E-state index is 12.8. The van der Waals surface area contributed by atoms with E-state index in [1.165, 1.54) is 23.9 Å². The van der Waals surface area contributed by atoms with Crippen LogP contribution in [0.1, 0.15) is 11.1 Å². The first-order chi connectivity index (χ1) is 8.08. The molecular weight excluding hydrogens is 259 g/mol. The standard InChI is InChI=1S/C12H10ClFN2S/c1-7-8(2)12(16-15-11(7)13)17-10-5-3-9(14)4-6-10/h3-6H,1-2H3. The SMILES string of the molecule is Cc1c(Cl)nnc(Sc2ccc(F)cc2)c1C. The first-order valence-corrected chi connectivity index (χ1v) is 6.20. The van der Waals surface area contributed by atoms with Gasteiger partial charge in [0, 0.05) is 4.90 Å². The molecule has 2 rings (SSSR count). The van der Waals surface area contributed by atoms with Crippen LogP contribution in [0.25, 0.3) is 0 Å². The Hall–Kier alpha value is -1.13. The molecule has 0 aliphatic rings. The summed E-state index contributed by atoms with van der Waals surface area (Å²) in [5, 5.41) is 9.13. The molecule has 1 heterocycles. The van der Waals surface area contributed by atoms with Crippen molar-refractivity contribution in [2.75, 3.05) is 0 Å². The summed E-state index contributed by atoms with van der Waals surface area (Å²) in [6.07, 6.45) is 0. The molecule has 0 spiro atoms. The Morgan fingerprint density at radius 2 is 1.71 bits per heavy atom. The molecule has 0 aliphatic heterocycles. The number of halogens is 2. The topological polar surface area (TPSA) is 25.8 Å². The Morgan fingerprint density at radius 1 is 1.06 bits per heavy atom. The van der Waals surface area contributed by atoms with Crippen LogP contribution in [0.4, 0.5) is 4.39 Å². The van der Waals surface area contributed by atoms with Crippen molar-refractivity contribution in [2.45, 2.75) is 23.8 Å². The van der Waals surface area contributed by atoms with E-state index in [9.17, 15) is 4.39 Å². The molecule has 0 fully saturated rings. The van der Waals surface area contributed by atoms with Gasteiger partial charge in [0.2, 0.25) is 0 Å². The van der Waals surface area contributed by atoms with Crippen LogP contribution in [0.2, 0.25) is 5.15 Å². The van der Waals surface area contributed by atoms with E-state index in [0.717, 1.165) is 21.0 Å². The summed E-state index contributed by atoms with van der Waals surface area (Å²) in [5.74, 6) is -0.246. The second-order valence-corrected chi connectivity index (χ2v) is 5.02. The lowest BCUT2D eigenvalue weighted by Crippen LogP contribution is -1.95. The van der Waals surface area contributed by atoms with Crippen LogP contribution >= 0.6 is 23.4 Å². The lowest BCUT2D eigenvalue weighted by molar-refractivity contribution is 0.626. The quantitative estimate of drug-likeness (QED) is 0.822. The summed E-state index contributed by atoms with van der Waals surface area (Å²) in [6, 6.07) is 6.28. The molecule has 17 heavy (non-hydrogen) atoms. The van der Waals surface area contributed by atoms with Gasteiger partial charge in [0.1, 0.15) is 10.8 Å². The fourth-order valence-electron chi connectivity index (χ4n) is 1.27. The van der Waals surface area contributed by atoms with Crippen molar-refractivity contribution in [2.24, 2.45) is 0 Å². The zero-order valence-electron chi connectivity index (χ0n) is 9.37. The Labute approximate surface area is 108 Å². The maximum absolute atomic E-state index is 12.8. The third kappa shape index (κ3) is 2.76. The van der Waals surface area contributed by atoms with Gasteiger partial charge in [-0.1, -0.05) is 23.4 Å². The second kappa shape index (κ2) is 5.02. The molecule has 88 valence electrons. The molecule has 2 aromatic rings. The van der Waals surface area contributed by atoms with Crippen LogP contribution in [0.3, 0.4) is 0 Å². The van der Waals surface area contributed by atoms with Crippen LogP contribution < -0.4 is 0 Å². The molecular formula is C12H10ClFN2S. The zero-order chi connectivity index (χ0) is 12.4. The fourth-order valence-corrected chi connectivity index (χ4v) is 2.33. The lowest BCUT2D eigenvalue weighted by atomic mass is 10.2. The monoisotopic (exact) mass is 268 g/mol. The second-order valence-electron chi connectivity index (χ2n) is 3.60. The predicted octanol–water partition coefficient (Wildman–Crippen LogP) is 4.04. The van der Waals surface area contributed by atoms with Crippen molar-refractivity contribution >= 4 is 23.4 Å². The molecule has 1 aromatic heterocycles. The Morgan fingerprint density at radius 3 is 2.35 bits per heavy atom. The summed E-state index contributed by atoms with van der Waals surface area (Å²) in [5.41, 5.74) is 1.92. The molecule has 0 atom stereocenters. The smallest absolute Gasteiger partial charge is 0.154 e. The number of aromatic nitrogens is 2. The van der Waals surface area contributed by atoms with Crippen LogP contribution in [0.5, 0.6) is 0 Å². The highest BCUT2D eigenvalue weighted by atomic mass is 35.5. The number of hydrogen-bond acceptors (Lipinski definition) is 3. The Balaban J connectivity index is 2.30. The van der Waals surface area contributed by atoms with Crippen molar-refractivity contribution in [3.63, 3.8) is 0 Å². The van der Waals surface area contributed by atoms with Crippen molar-refractivity contribution in [1.29, 1.82) is 0 Å². The highest BCUT2D eigenvalue weighted by Crippen LogP contribution is 2.30. The van der Waals surface area contributed by atoms with Crippen LogP contribution in [0.15, 0.2) is 34.2 Å². The molecule has 2 nitrogen and oxygen atoms in total. The van der Waals surface area contributed by atoms with E-state index in [2.05, 4.69) is 10.2 Å². The number of hydrogen-bond donors (Lipinski definition) is 0. The molecule has 0 saturated heterocycles. The van der Waals surface area contributed by atoms with E-state index in [1.807, 2.05) is 13.8 Å². The molecule has 0 aliphatic carbocycles. The number of rotatable bonds is 2. The van der Waals surface area contributed by atoms with Crippen LogP contribution in [-0.2, 0) is 0 Å². The Bertz CT molecular complexity index is 543. The first kappa shape index (κ1) is 12.3. The van der Waals surface area contributed by atoms with Gasteiger partial charge in [-0.15, -0.1) is 10.2 Å². The minimum Gasteiger partial charge on any atom is -0.207 e. The minimum absolute atomic E-state index is 0.246. The average molecular weight is 269 g/mol. The van der Waals surface area contributed by atoms with E-state index in [-0.39, 0.29) is 5.82 Å². The van der Waals surface area contributed by atoms with Crippen molar-refractivity contribution < 1.29 is 4.39 Å². The average Bonchev–Trinajstić information content (AvgIpc) is 2.33. The predicted molar refractivity (Wildman–Crippen MR) is 67.0 cm³/mol.